The molecule has 2 aliphatic heterocycles. The molecule has 3 rings (SSSR count). The van der Waals surface area contributed by atoms with Crippen molar-refractivity contribution in [3.05, 3.63) is 21.9 Å². The van der Waals surface area contributed by atoms with Crippen LogP contribution in [0.4, 0.5) is 0 Å². The van der Waals surface area contributed by atoms with E-state index < -0.39 is 0 Å². The second-order valence-electron chi connectivity index (χ2n) is 6.72. The van der Waals surface area contributed by atoms with Crippen LogP contribution < -0.4 is 0 Å². The molecule has 0 aliphatic carbocycles. The average molecular weight is 323 g/mol. The van der Waals surface area contributed by atoms with Gasteiger partial charge >= 0.3 is 0 Å². The largest absolute Gasteiger partial charge is 0.377 e. The molecule has 0 bridgehead atoms. The first-order chi connectivity index (χ1) is 10.8. The molecule has 0 saturated carbocycles. The van der Waals surface area contributed by atoms with Gasteiger partial charge in [-0.1, -0.05) is 13.3 Å². The Balaban J connectivity index is 1.48. The van der Waals surface area contributed by atoms with Crippen LogP contribution in [0.1, 0.15) is 49.5 Å². The van der Waals surface area contributed by atoms with Gasteiger partial charge in [-0.2, -0.15) is 0 Å². The van der Waals surface area contributed by atoms with Crippen LogP contribution in [0.15, 0.2) is 11.4 Å². The smallest absolute Gasteiger partial charge is 0.0702 e. The molecule has 2 fully saturated rings. The highest BCUT2D eigenvalue weighted by Crippen LogP contribution is 2.21. The molecule has 22 heavy (non-hydrogen) atoms. The fourth-order valence-electron chi connectivity index (χ4n) is 3.57. The first-order valence-electron chi connectivity index (χ1n) is 8.96. The minimum Gasteiger partial charge on any atom is -0.377 e. The Labute approximate surface area is 139 Å². The molecule has 1 atom stereocenters. The van der Waals surface area contributed by atoms with Crippen molar-refractivity contribution in [2.45, 2.75) is 58.2 Å². The van der Waals surface area contributed by atoms with Crippen LogP contribution in [0, 0.1) is 0 Å². The molecule has 4 heteroatoms. The van der Waals surface area contributed by atoms with Crippen molar-refractivity contribution in [3.63, 3.8) is 0 Å². The first-order valence-corrected chi connectivity index (χ1v) is 9.84. The van der Waals surface area contributed by atoms with E-state index in [-0.39, 0.29) is 0 Å². The van der Waals surface area contributed by atoms with E-state index in [1.54, 1.807) is 0 Å². The summed E-state index contributed by atoms with van der Waals surface area (Å²) in [5.41, 5.74) is 1.51. The lowest BCUT2D eigenvalue weighted by Gasteiger charge is -2.25. The maximum absolute atomic E-state index is 5.78. The molecule has 0 radical (unpaired) electrons. The molecule has 0 amide bonds. The van der Waals surface area contributed by atoms with Crippen LogP contribution in [-0.4, -0.2) is 48.7 Å². The van der Waals surface area contributed by atoms with Crippen LogP contribution in [0.2, 0.25) is 0 Å². The quantitative estimate of drug-likeness (QED) is 0.760. The van der Waals surface area contributed by atoms with Crippen LogP contribution >= 0.6 is 11.3 Å². The van der Waals surface area contributed by atoms with Gasteiger partial charge in [0.05, 0.1) is 6.10 Å². The Hall–Kier alpha value is -0.420. The summed E-state index contributed by atoms with van der Waals surface area (Å²) in [5, 5.41) is 2.36. The summed E-state index contributed by atoms with van der Waals surface area (Å²) in [5.74, 6) is 0. The third-order valence-electron chi connectivity index (χ3n) is 4.88. The zero-order chi connectivity index (χ0) is 15.2. The Morgan fingerprint density at radius 3 is 2.86 bits per heavy atom. The highest BCUT2D eigenvalue weighted by atomic mass is 32.1. The molecular weight excluding hydrogens is 292 g/mol. The van der Waals surface area contributed by atoms with E-state index in [2.05, 4.69) is 28.2 Å². The van der Waals surface area contributed by atoms with E-state index in [0.29, 0.717) is 6.10 Å². The summed E-state index contributed by atoms with van der Waals surface area (Å²) in [4.78, 5) is 6.65. The van der Waals surface area contributed by atoms with Gasteiger partial charge in [0.15, 0.2) is 0 Å². The van der Waals surface area contributed by atoms with Crippen molar-refractivity contribution in [3.8, 4) is 0 Å². The topological polar surface area (TPSA) is 15.7 Å². The fourth-order valence-corrected chi connectivity index (χ4v) is 4.49. The minimum atomic E-state index is 0.465. The van der Waals surface area contributed by atoms with Crippen molar-refractivity contribution in [2.24, 2.45) is 0 Å². The fraction of sp³-hybridized carbons (Fsp3) is 0.778. The molecule has 3 nitrogen and oxygen atoms in total. The maximum atomic E-state index is 5.78. The van der Waals surface area contributed by atoms with E-state index >= 15 is 0 Å². The third kappa shape index (κ3) is 4.79. The van der Waals surface area contributed by atoms with Gasteiger partial charge in [-0.05, 0) is 62.3 Å². The molecule has 2 saturated heterocycles. The molecule has 124 valence electrons. The number of nitrogens with zero attached hydrogens (tertiary/aromatic N) is 2. The van der Waals surface area contributed by atoms with E-state index in [1.807, 2.05) is 11.3 Å². The number of likely N-dealkylation sites (N-methyl/N-ethyl adjacent to an activating group) is 1. The van der Waals surface area contributed by atoms with Gasteiger partial charge in [0.25, 0.3) is 0 Å². The number of ether oxygens (including phenoxy) is 1. The second kappa shape index (κ2) is 8.44. The Kier molecular flexibility index (Phi) is 6.30. The predicted molar refractivity (Wildman–Crippen MR) is 93.4 cm³/mol. The summed E-state index contributed by atoms with van der Waals surface area (Å²) in [7, 11) is 0. The van der Waals surface area contributed by atoms with E-state index in [4.69, 9.17) is 4.74 Å². The third-order valence-corrected chi connectivity index (χ3v) is 5.85. The lowest BCUT2D eigenvalue weighted by atomic mass is 10.1. The summed E-state index contributed by atoms with van der Waals surface area (Å²) >= 11 is 1.93. The molecule has 0 unspecified atom stereocenters. The number of thiophene rings is 1. The van der Waals surface area contributed by atoms with Crippen molar-refractivity contribution in [2.75, 3.05) is 32.8 Å². The summed E-state index contributed by atoms with van der Waals surface area (Å²) in [6.45, 7) is 10.2. The second-order valence-corrected chi connectivity index (χ2v) is 7.72. The lowest BCUT2D eigenvalue weighted by molar-refractivity contribution is 0.0728. The number of hydrogen-bond acceptors (Lipinski definition) is 4. The standard InChI is InChI=1S/C18H30N2OS/c1-2-19(13-17-7-6-10-21-17)14-18-11-16(15-22-18)12-20-8-4-3-5-9-20/h11,15,17H,2-10,12-14H2,1H3/t17-/m0/s1. The summed E-state index contributed by atoms with van der Waals surface area (Å²) < 4.78 is 5.78. The van der Waals surface area contributed by atoms with Gasteiger partial charge < -0.3 is 4.74 Å². The molecule has 0 aromatic carbocycles. The molecule has 0 spiro atoms. The predicted octanol–water partition coefficient (Wildman–Crippen LogP) is 3.73. The van der Waals surface area contributed by atoms with Gasteiger partial charge in [0, 0.05) is 31.1 Å². The maximum Gasteiger partial charge on any atom is 0.0702 e. The van der Waals surface area contributed by atoms with Crippen molar-refractivity contribution in [1.29, 1.82) is 0 Å². The van der Waals surface area contributed by atoms with Gasteiger partial charge in [0.1, 0.15) is 0 Å². The minimum absolute atomic E-state index is 0.465. The first kappa shape index (κ1) is 16.4. The van der Waals surface area contributed by atoms with E-state index in [1.165, 1.54) is 55.6 Å². The summed E-state index contributed by atoms with van der Waals surface area (Å²) in [6, 6.07) is 2.43. The Morgan fingerprint density at radius 1 is 1.27 bits per heavy atom. The van der Waals surface area contributed by atoms with Gasteiger partial charge in [-0.15, -0.1) is 11.3 Å². The molecule has 2 aliphatic rings. The molecular formula is C18H30N2OS. The summed E-state index contributed by atoms with van der Waals surface area (Å²) in [6.07, 6.45) is 7.11. The lowest BCUT2D eigenvalue weighted by Crippen LogP contribution is -2.31. The van der Waals surface area contributed by atoms with Crippen molar-refractivity contribution < 1.29 is 4.74 Å². The molecule has 0 N–H and O–H groups in total. The number of rotatable bonds is 7. The Bertz CT molecular complexity index is 436. The van der Waals surface area contributed by atoms with Crippen molar-refractivity contribution >= 4 is 11.3 Å². The highest BCUT2D eigenvalue weighted by Gasteiger charge is 2.19. The van der Waals surface area contributed by atoms with Gasteiger partial charge in [0.2, 0.25) is 0 Å². The molecule has 1 aromatic heterocycles. The van der Waals surface area contributed by atoms with Gasteiger partial charge in [-0.3, -0.25) is 9.80 Å². The number of hydrogen-bond donors (Lipinski definition) is 0. The average Bonchev–Trinajstić information content (AvgIpc) is 3.20. The zero-order valence-corrected chi connectivity index (χ0v) is 14.7. The van der Waals surface area contributed by atoms with Crippen LogP contribution in [0.5, 0.6) is 0 Å². The Morgan fingerprint density at radius 2 is 2.14 bits per heavy atom. The molecule has 3 heterocycles. The van der Waals surface area contributed by atoms with Crippen LogP contribution in [0.3, 0.4) is 0 Å². The number of likely N-dealkylation sites (tertiary alicyclic amines) is 1. The van der Waals surface area contributed by atoms with E-state index in [9.17, 15) is 0 Å². The van der Waals surface area contributed by atoms with Crippen molar-refractivity contribution in [1.82, 2.24) is 9.80 Å². The van der Waals surface area contributed by atoms with E-state index in [0.717, 1.165) is 32.8 Å². The number of piperidine rings is 1. The van der Waals surface area contributed by atoms with Crippen LogP contribution in [0.25, 0.3) is 0 Å². The highest BCUT2D eigenvalue weighted by molar-refractivity contribution is 7.10. The monoisotopic (exact) mass is 322 g/mol. The SMILES string of the molecule is CCN(Cc1cc(CN2CCCCC2)cs1)C[C@@H]1CCCO1. The molecule has 1 aromatic rings. The zero-order valence-electron chi connectivity index (χ0n) is 13.9. The van der Waals surface area contributed by atoms with Gasteiger partial charge in [-0.25, -0.2) is 0 Å². The van der Waals surface area contributed by atoms with Crippen LogP contribution in [-0.2, 0) is 17.8 Å². The normalized spacial score (nSPS) is 23.5.